The number of hydrogen-bond acceptors (Lipinski definition) is 6. The smallest absolute Gasteiger partial charge is 0.407 e. The minimum absolute atomic E-state index is 0.0602. The van der Waals surface area contributed by atoms with E-state index in [0.29, 0.717) is 5.52 Å². The zero-order valence-electron chi connectivity index (χ0n) is 14.0. The summed E-state index contributed by atoms with van der Waals surface area (Å²) in [5.41, 5.74) is -0.148. The van der Waals surface area contributed by atoms with Gasteiger partial charge in [-0.3, -0.25) is 0 Å². The number of amides is 1. The van der Waals surface area contributed by atoms with Crippen LogP contribution in [0, 0.1) is 5.82 Å². The average molecular weight is 337 g/mol. The van der Waals surface area contributed by atoms with Crippen LogP contribution < -0.4 is 10.1 Å². The Morgan fingerprint density at radius 1 is 1.42 bits per heavy atom. The lowest BCUT2D eigenvalue weighted by molar-refractivity contribution is 0.0490. The summed E-state index contributed by atoms with van der Waals surface area (Å²) in [7, 11) is 1.41. The van der Waals surface area contributed by atoms with Gasteiger partial charge in [-0.15, -0.1) is 0 Å². The Hall–Kier alpha value is -2.48. The molecule has 0 radical (unpaired) electrons. The van der Waals surface area contributed by atoms with Gasteiger partial charge in [0.25, 0.3) is 0 Å². The van der Waals surface area contributed by atoms with Crippen LogP contribution in [0.2, 0.25) is 0 Å². The molecule has 1 amide bonds. The molecule has 130 valence electrons. The highest BCUT2D eigenvalue weighted by Gasteiger charge is 2.21. The van der Waals surface area contributed by atoms with E-state index in [-0.39, 0.29) is 23.5 Å². The van der Waals surface area contributed by atoms with Crippen LogP contribution in [0.4, 0.5) is 9.18 Å². The predicted molar refractivity (Wildman–Crippen MR) is 85.2 cm³/mol. The van der Waals surface area contributed by atoms with Crippen molar-refractivity contribution in [2.45, 2.75) is 32.5 Å². The van der Waals surface area contributed by atoms with E-state index in [9.17, 15) is 14.3 Å². The molecule has 1 aromatic carbocycles. The van der Waals surface area contributed by atoms with Gasteiger partial charge in [0.2, 0.25) is 5.88 Å². The van der Waals surface area contributed by atoms with Gasteiger partial charge >= 0.3 is 6.09 Å². The van der Waals surface area contributed by atoms with Crippen LogP contribution in [0.1, 0.15) is 32.4 Å². The molecule has 1 atom stereocenters. The van der Waals surface area contributed by atoms with Crippen LogP contribution in [0.3, 0.4) is 0 Å². The van der Waals surface area contributed by atoms with E-state index in [1.54, 1.807) is 20.8 Å². The SMILES string of the molecule is COc1cnc2ccc(F)c([C@@H](O)CNC(=O)OC(C)(C)C)c2n1. The third kappa shape index (κ3) is 4.29. The minimum Gasteiger partial charge on any atom is -0.480 e. The highest BCUT2D eigenvalue weighted by Crippen LogP contribution is 2.26. The van der Waals surface area contributed by atoms with Gasteiger partial charge in [0, 0.05) is 5.56 Å². The van der Waals surface area contributed by atoms with Crippen molar-refractivity contribution < 1.29 is 23.8 Å². The van der Waals surface area contributed by atoms with Gasteiger partial charge in [0.1, 0.15) is 23.0 Å². The number of alkyl carbamates (subject to hydrolysis) is 1. The first-order valence-corrected chi connectivity index (χ1v) is 7.35. The molecule has 2 aromatic rings. The molecule has 2 N–H and O–H groups in total. The van der Waals surface area contributed by atoms with Gasteiger partial charge in [-0.05, 0) is 32.9 Å². The van der Waals surface area contributed by atoms with Gasteiger partial charge in [-0.1, -0.05) is 0 Å². The molecule has 0 aliphatic carbocycles. The lowest BCUT2D eigenvalue weighted by Crippen LogP contribution is -2.35. The second-order valence-corrected chi connectivity index (χ2v) is 6.14. The summed E-state index contributed by atoms with van der Waals surface area (Å²) >= 11 is 0. The Morgan fingerprint density at radius 2 is 2.12 bits per heavy atom. The van der Waals surface area contributed by atoms with E-state index in [4.69, 9.17) is 9.47 Å². The number of carbonyl (C=O) groups excluding carboxylic acids is 1. The predicted octanol–water partition coefficient (Wildman–Crippen LogP) is 2.34. The molecular formula is C16H20FN3O4. The first-order chi connectivity index (χ1) is 11.2. The second-order valence-electron chi connectivity index (χ2n) is 6.14. The fourth-order valence-electron chi connectivity index (χ4n) is 2.07. The third-order valence-electron chi connectivity index (χ3n) is 3.06. The van der Waals surface area contributed by atoms with Crippen molar-refractivity contribution in [3.8, 4) is 5.88 Å². The van der Waals surface area contributed by atoms with E-state index < -0.39 is 23.6 Å². The molecule has 0 bridgehead atoms. The number of rotatable bonds is 4. The minimum atomic E-state index is -1.32. The maximum absolute atomic E-state index is 14.2. The monoisotopic (exact) mass is 337 g/mol. The zero-order chi connectivity index (χ0) is 17.9. The number of hydrogen-bond donors (Lipinski definition) is 2. The summed E-state index contributed by atoms with van der Waals surface area (Å²) in [5, 5.41) is 12.7. The molecule has 0 aliphatic rings. The lowest BCUT2D eigenvalue weighted by atomic mass is 10.1. The van der Waals surface area contributed by atoms with E-state index in [0.717, 1.165) is 0 Å². The summed E-state index contributed by atoms with van der Waals surface area (Å²) < 4.78 is 24.2. The van der Waals surface area contributed by atoms with Crippen LogP contribution in [-0.2, 0) is 4.74 Å². The first-order valence-electron chi connectivity index (χ1n) is 7.35. The fourth-order valence-corrected chi connectivity index (χ4v) is 2.07. The number of methoxy groups -OCH3 is 1. The normalized spacial score (nSPS) is 12.8. The summed E-state index contributed by atoms with van der Waals surface area (Å²) in [6.45, 7) is 4.92. The molecule has 0 saturated heterocycles. The number of fused-ring (bicyclic) bond motifs is 1. The van der Waals surface area contributed by atoms with E-state index in [2.05, 4.69) is 15.3 Å². The number of aromatic nitrogens is 2. The Balaban J connectivity index is 2.23. The highest BCUT2D eigenvalue weighted by molar-refractivity contribution is 5.79. The van der Waals surface area contributed by atoms with E-state index >= 15 is 0 Å². The van der Waals surface area contributed by atoms with Crippen molar-refractivity contribution in [2.75, 3.05) is 13.7 Å². The van der Waals surface area contributed by atoms with Crippen molar-refractivity contribution in [3.05, 3.63) is 29.7 Å². The number of nitrogens with zero attached hydrogens (tertiary/aromatic N) is 2. The standard InChI is InChI=1S/C16H20FN3O4/c1-16(2,3)24-15(22)19-7-11(21)13-9(17)5-6-10-14(13)20-12(23-4)8-18-10/h5-6,8,11,21H,7H2,1-4H3,(H,19,22)/t11-/m0/s1. The Bertz CT molecular complexity index is 746. The highest BCUT2D eigenvalue weighted by atomic mass is 19.1. The van der Waals surface area contributed by atoms with Crippen LogP contribution in [0.25, 0.3) is 11.0 Å². The van der Waals surface area contributed by atoms with Crippen LogP contribution in [0.15, 0.2) is 18.3 Å². The fraction of sp³-hybridized carbons (Fsp3) is 0.438. The van der Waals surface area contributed by atoms with Gasteiger partial charge in [0.15, 0.2) is 0 Å². The molecule has 2 rings (SSSR count). The van der Waals surface area contributed by atoms with Crippen molar-refractivity contribution in [2.24, 2.45) is 0 Å². The summed E-state index contributed by atoms with van der Waals surface area (Å²) in [4.78, 5) is 19.9. The quantitative estimate of drug-likeness (QED) is 0.889. The molecule has 0 aliphatic heterocycles. The molecule has 8 heteroatoms. The number of aliphatic hydroxyl groups is 1. The summed E-state index contributed by atoms with van der Waals surface area (Å²) in [5.74, 6) is -0.454. The van der Waals surface area contributed by atoms with Crippen LogP contribution in [0.5, 0.6) is 5.88 Å². The molecule has 7 nitrogen and oxygen atoms in total. The molecule has 0 saturated carbocycles. The Labute approximate surface area is 138 Å². The second kappa shape index (κ2) is 6.96. The maximum atomic E-state index is 14.2. The molecule has 1 aromatic heterocycles. The number of halogens is 1. The first kappa shape index (κ1) is 17.9. The molecule has 0 fully saturated rings. The zero-order valence-corrected chi connectivity index (χ0v) is 14.0. The average Bonchev–Trinajstić information content (AvgIpc) is 2.50. The van der Waals surface area contributed by atoms with E-state index in [1.807, 2.05) is 0 Å². The van der Waals surface area contributed by atoms with Crippen molar-refractivity contribution in [1.29, 1.82) is 0 Å². The number of carbonyl (C=O) groups is 1. The van der Waals surface area contributed by atoms with Crippen LogP contribution in [-0.4, -0.2) is 40.4 Å². The number of benzene rings is 1. The molecule has 0 spiro atoms. The number of ether oxygens (including phenoxy) is 2. The van der Waals surface area contributed by atoms with Crippen LogP contribution >= 0.6 is 0 Å². The molecule has 24 heavy (non-hydrogen) atoms. The number of aliphatic hydroxyl groups excluding tert-OH is 1. The van der Waals surface area contributed by atoms with Gasteiger partial charge in [-0.25, -0.2) is 19.2 Å². The lowest BCUT2D eigenvalue weighted by Gasteiger charge is -2.21. The van der Waals surface area contributed by atoms with Crippen molar-refractivity contribution in [1.82, 2.24) is 15.3 Å². The Morgan fingerprint density at radius 3 is 2.75 bits per heavy atom. The Kier molecular flexibility index (Phi) is 5.18. The summed E-state index contributed by atoms with van der Waals surface area (Å²) in [6, 6.07) is 2.64. The summed E-state index contributed by atoms with van der Waals surface area (Å²) in [6.07, 6.45) is -0.622. The largest absolute Gasteiger partial charge is 0.480 e. The maximum Gasteiger partial charge on any atom is 0.407 e. The number of nitrogens with one attached hydrogen (secondary N) is 1. The molecule has 1 heterocycles. The van der Waals surface area contributed by atoms with Gasteiger partial charge < -0.3 is 19.9 Å². The van der Waals surface area contributed by atoms with Gasteiger partial charge in [-0.2, -0.15) is 0 Å². The van der Waals surface area contributed by atoms with Gasteiger partial charge in [0.05, 0.1) is 25.4 Å². The third-order valence-corrected chi connectivity index (χ3v) is 3.06. The topological polar surface area (TPSA) is 93.6 Å². The molecular weight excluding hydrogens is 317 g/mol. The van der Waals surface area contributed by atoms with E-state index in [1.165, 1.54) is 25.4 Å². The molecule has 0 unspecified atom stereocenters. The van der Waals surface area contributed by atoms with Crippen molar-refractivity contribution in [3.63, 3.8) is 0 Å². The van der Waals surface area contributed by atoms with Crippen molar-refractivity contribution >= 4 is 17.1 Å².